The first-order valence-corrected chi connectivity index (χ1v) is 13.5. The Hall–Kier alpha value is -4.60. The zero-order chi connectivity index (χ0) is 30.2. The lowest BCUT2D eigenvalue weighted by Gasteiger charge is -2.12. The smallest absolute Gasteiger partial charge is 0.330 e. The number of carbonyl (C=O) groups is 2. The first-order valence-electron chi connectivity index (χ1n) is 13.5. The Morgan fingerprint density at radius 3 is 1.40 bits per heavy atom. The second kappa shape index (κ2) is 17.3. The predicted molar refractivity (Wildman–Crippen MR) is 157 cm³/mol. The number of ether oxygens (including phenoxy) is 5. The molecule has 3 aromatic carbocycles. The average molecular weight is 577 g/mol. The first kappa shape index (κ1) is 31.9. The molecule has 0 heterocycles. The average Bonchev–Trinajstić information content (AvgIpc) is 3.02. The third kappa shape index (κ3) is 11.5. The topological polar surface area (TPSA) is 121 Å². The van der Waals surface area contributed by atoms with Crippen LogP contribution >= 0.6 is 0 Å². The van der Waals surface area contributed by atoms with Gasteiger partial charge in [0.15, 0.2) is 0 Å². The molecule has 222 valence electrons. The number of esters is 2. The van der Waals surface area contributed by atoms with Gasteiger partial charge in [-0.3, -0.25) is 0 Å². The Morgan fingerprint density at radius 2 is 1.00 bits per heavy atom. The fourth-order valence-corrected chi connectivity index (χ4v) is 3.60. The minimum Gasteiger partial charge on any atom is -0.493 e. The summed E-state index contributed by atoms with van der Waals surface area (Å²) in [6.45, 7) is 7.38. The lowest BCUT2D eigenvalue weighted by Crippen LogP contribution is -2.20. The number of rotatable bonds is 18. The molecule has 3 rings (SSSR count). The lowest BCUT2D eigenvalue weighted by atomic mass is 10.1. The van der Waals surface area contributed by atoms with Gasteiger partial charge in [0, 0.05) is 25.0 Å². The van der Waals surface area contributed by atoms with E-state index in [2.05, 4.69) is 13.2 Å². The number of aliphatic hydroxyl groups excluding tert-OH is 2. The van der Waals surface area contributed by atoms with Gasteiger partial charge in [0.25, 0.3) is 0 Å². The van der Waals surface area contributed by atoms with Crippen LogP contribution in [0.2, 0.25) is 0 Å². The van der Waals surface area contributed by atoms with Crippen molar-refractivity contribution in [3.63, 3.8) is 0 Å². The molecule has 0 bridgehead atoms. The summed E-state index contributed by atoms with van der Waals surface area (Å²) < 4.78 is 26.8. The summed E-state index contributed by atoms with van der Waals surface area (Å²) in [5.74, 6) is 0.941. The highest BCUT2D eigenvalue weighted by atomic mass is 16.5. The molecule has 42 heavy (non-hydrogen) atoms. The van der Waals surface area contributed by atoms with Gasteiger partial charge < -0.3 is 33.9 Å². The highest BCUT2D eigenvalue weighted by Gasteiger charge is 2.09. The van der Waals surface area contributed by atoms with Crippen LogP contribution in [0.3, 0.4) is 0 Å². The van der Waals surface area contributed by atoms with Gasteiger partial charge in [-0.15, -0.1) is 0 Å². The van der Waals surface area contributed by atoms with Gasteiger partial charge in [-0.2, -0.15) is 0 Å². The molecule has 2 N–H and O–H groups in total. The SMILES string of the molecule is C=CC(=O)OCC(O)CCOc1ccc(COc2ccc(-c3ccc(OCCC(O)COC(=O)C=C)cc3)cc2)cc1. The van der Waals surface area contributed by atoms with Crippen molar-refractivity contribution in [3.05, 3.63) is 104 Å². The molecule has 9 heteroatoms. The molecular formula is C33H36O9. The molecule has 0 radical (unpaired) electrons. The number of hydrogen-bond donors (Lipinski definition) is 2. The molecule has 2 unspecified atom stereocenters. The van der Waals surface area contributed by atoms with Crippen LogP contribution in [0.4, 0.5) is 0 Å². The molecular weight excluding hydrogens is 540 g/mol. The number of carbonyl (C=O) groups excluding carboxylic acids is 2. The van der Waals surface area contributed by atoms with Crippen molar-refractivity contribution in [2.45, 2.75) is 31.7 Å². The minimum atomic E-state index is -0.804. The van der Waals surface area contributed by atoms with Crippen LogP contribution in [-0.4, -0.2) is 60.8 Å². The van der Waals surface area contributed by atoms with E-state index in [4.69, 9.17) is 23.7 Å². The summed E-state index contributed by atoms with van der Waals surface area (Å²) in [6.07, 6.45) is 1.15. The van der Waals surface area contributed by atoms with Crippen molar-refractivity contribution >= 4 is 11.9 Å². The van der Waals surface area contributed by atoms with Gasteiger partial charge in [0.1, 0.15) is 37.1 Å². The maximum atomic E-state index is 11.0. The molecule has 9 nitrogen and oxygen atoms in total. The van der Waals surface area contributed by atoms with E-state index in [1.165, 1.54) is 0 Å². The van der Waals surface area contributed by atoms with Crippen LogP contribution in [0.15, 0.2) is 98.1 Å². The Bertz CT molecular complexity index is 1270. The van der Waals surface area contributed by atoms with Gasteiger partial charge in [-0.25, -0.2) is 9.59 Å². The van der Waals surface area contributed by atoms with Crippen molar-refractivity contribution in [2.24, 2.45) is 0 Å². The molecule has 0 saturated carbocycles. The minimum absolute atomic E-state index is 0.0964. The van der Waals surface area contributed by atoms with E-state index in [9.17, 15) is 19.8 Å². The van der Waals surface area contributed by atoms with Crippen LogP contribution in [-0.2, 0) is 25.7 Å². The van der Waals surface area contributed by atoms with E-state index in [1.807, 2.05) is 72.8 Å². The first-order chi connectivity index (χ1) is 20.4. The number of hydrogen-bond acceptors (Lipinski definition) is 9. The summed E-state index contributed by atoms with van der Waals surface area (Å²) in [7, 11) is 0. The molecule has 0 aliphatic rings. The standard InChI is InChI=1S/C33H36O9/c1-3-32(36)41-22-27(34)17-19-38-29-11-5-24(6-12-29)21-40-31-15-9-26(10-16-31)25-7-13-30(14-8-25)39-20-18-28(35)23-42-33(37)4-2/h3-16,27-28,34-35H,1-2,17-23H2. The molecule has 0 spiro atoms. The fourth-order valence-electron chi connectivity index (χ4n) is 3.60. The lowest BCUT2D eigenvalue weighted by molar-refractivity contribution is -0.141. The van der Waals surface area contributed by atoms with Crippen molar-refractivity contribution in [1.82, 2.24) is 0 Å². The van der Waals surface area contributed by atoms with E-state index < -0.39 is 24.1 Å². The highest BCUT2D eigenvalue weighted by Crippen LogP contribution is 2.25. The van der Waals surface area contributed by atoms with Gasteiger partial charge in [0.2, 0.25) is 0 Å². The number of aliphatic hydroxyl groups is 2. The summed E-state index contributed by atoms with van der Waals surface area (Å²) in [5, 5.41) is 19.7. The summed E-state index contributed by atoms with van der Waals surface area (Å²) in [4.78, 5) is 22.1. The second-order valence-corrected chi connectivity index (χ2v) is 9.23. The van der Waals surface area contributed by atoms with Crippen LogP contribution in [0.25, 0.3) is 11.1 Å². The van der Waals surface area contributed by atoms with Crippen molar-refractivity contribution in [1.29, 1.82) is 0 Å². The predicted octanol–water partition coefficient (Wildman–Crippen LogP) is 4.65. The molecule has 0 fully saturated rings. The van der Waals surface area contributed by atoms with Crippen LogP contribution < -0.4 is 14.2 Å². The third-order valence-electron chi connectivity index (χ3n) is 5.98. The number of benzene rings is 3. The van der Waals surface area contributed by atoms with E-state index in [0.717, 1.165) is 34.6 Å². The van der Waals surface area contributed by atoms with Crippen LogP contribution in [0.5, 0.6) is 17.2 Å². The third-order valence-corrected chi connectivity index (χ3v) is 5.98. The van der Waals surface area contributed by atoms with Crippen LogP contribution in [0, 0.1) is 0 Å². The zero-order valence-corrected chi connectivity index (χ0v) is 23.4. The second-order valence-electron chi connectivity index (χ2n) is 9.23. The molecule has 0 amide bonds. The van der Waals surface area contributed by atoms with Gasteiger partial charge in [-0.05, 0) is 53.1 Å². The monoisotopic (exact) mass is 576 g/mol. The summed E-state index contributed by atoms with van der Waals surface area (Å²) >= 11 is 0. The van der Waals surface area contributed by atoms with E-state index in [1.54, 1.807) is 0 Å². The summed E-state index contributed by atoms with van der Waals surface area (Å²) in [6, 6.07) is 22.9. The quantitative estimate of drug-likeness (QED) is 0.165. The van der Waals surface area contributed by atoms with E-state index in [-0.39, 0.29) is 26.4 Å². The van der Waals surface area contributed by atoms with Crippen molar-refractivity contribution < 1.29 is 43.5 Å². The van der Waals surface area contributed by atoms with E-state index >= 15 is 0 Å². The van der Waals surface area contributed by atoms with Crippen molar-refractivity contribution in [3.8, 4) is 28.4 Å². The Balaban J connectivity index is 1.37. The van der Waals surface area contributed by atoms with Crippen molar-refractivity contribution in [2.75, 3.05) is 26.4 Å². The molecule has 2 atom stereocenters. The summed E-state index contributed by atoms with van der Waals surface area (Å²) in [5.41, 5.74) is 3.02. The fraction of sp³-hybridized carbons (Fsp3) is 0.273. The van der Waals surface area contributed by atoms with Gasteiger partial charge in [0.05, 0.1) is 25.4 Å². The largest absolute Gasteiger partial charge is 0.493 e. The normalized spacial score (nSPS) is 12.0. The van der Waals surface area contributed by atoms with Crippen LogP contribution in [0.1, 0.15) is 18.4 Å². The Morgan fingerprint density at radius 1 is 0.619 bits per heavy atom. The highest BCUT2D eigenvalue weighted by molar-refractivity contribution is 5.81. The van der Waals surface area contributed by atoms with Gasteiger partial charge in [-0.1, -0.05) is 49.6 Å². The van der Waals surface area contributed by atoms with E-state index in [0.29, 0.717) is 30.9 Å². The maximum absolute atomic E-state index is 11.0. The molecule has 0 aliphatic carbocycles. The molecule has 0 aliphatic heterocycles. The Kier molecular flexibility index (Phi) is 13.1. The molecule has 0 aromatic heterocycles. The van der Waals surface area contributed by atoms with Gasteiger partial charge >= 0.3 is 11.9 Å². The molecule has 0 saturated heterocycles. The Labute approximate surface area is 245 Å². The zero-order valence-electron chi connectivity index (χ0n) is 23.4. The maximum Gasteiger partial charge on any atom is 0.330 e. The molecule has 3 aromatic rings.